The molecule has 0 radical (unpaired) electrons. The average Bonchev–Trinajstić information content (AvgIpc) is 3.82. The Hall–Kier alpha value is -5.06. The van der Waals surface area contributed by atoms with Crippen LogP contribution in [0.15, 0.2) is 116 Å². The number of aliphatic hydroxyl groups excluding tert-OH is 1. The third kappa shape index (κ3) is 7.45. The molecule has 0 aliphatic carbocycles. The maximum Gasteiger partial charge on any atom is 0.313 e. The summed E-state index contributed by atoms with van der Waals surface area (Å²) in [5.41, 5.74) is 1.19. The molecule has 7 atom stereocenters. The molecule has 2 N–H and O–H groups in total. The number of amides is 3. The van der Waals surface area contributed by atoms with E-state index in [1.54, 1.807) is 17.1 Å². The zero-order chi connectivity index (χ0) is 36.7. The number of aliphatic hydroxyl groups is 1. The molecule has 3 saturated heterocycles. The number of hydrogen-bond donors (Lipinski definition) is 2. The van der Waals surface area contributed by atoms with Gasteiger partial charge in [0.1, 0.15) is 17.7 Å². The van der Waals surface area contributed by atoms with Gasteiger partial charge in [-0.1, -0.05) is 103 Å². The molecule has 10 heteroatoms. The van der Waals surface area contributed by atoms with Gasteiger partial charge in [-0.3, -0.25) is 19.2 Å². The lowest BCUT2D eigenvalue weighted by atomic mass is 9.70. The fourth-order valence-electron chi connectivity index (χ4n) is 8.18. The van der Waals surface area contributed by atoms with E-state index in [9.17, 15) is 24.3 Å². The SMILES string of the molecule is C=CCCC(=O)NC[C@@H](OC(=O)[C@@H]1[C@@H]2CC[C@]3(O2)[C@H](C(=O)N(CC=C)Cc2ccccc2)N([C@@H](CO)Cc2ccccc2)C(=O)[C@@H]13)c1ccccc1. The van der Waals surface area contributed by atoms with Crippen molar-refractivity contribution in [1.82, 2.24) is 15.1 Å². The smallest absolute Gasteiger partial charge is 0.313 e. The van der Waals surface area contributed by atoms with Gasteiger partial charge in [-0.2, -0.15) is 0 Å². The Morgan fingerprint density at radius 1 is 0.981 bits per heavy atom. The summed E-state index contributed by atoms with van der Waals surface area (Å²) < 4.78 is 12.9. The van der Waals surface area contributed by atoms with Crippen molar-refractivity contribution in [2.24, 2.45) is 11.8 Å². The Labute approximate surface area is 305 Å². The second-order valence-corrected chi connectivity index (χ2v) is 13.8. The highest BCUT2D eigenvalue weighted by atomic mass is 16.6. The van der Waals surface area contributed by atoms with Gasteiger partial charge in [-0.25, -0.2) is 0 Å². The summed E-state index contributed by atoms with van der Waals surface area (Å²) in [6, 6.07) is 26.4. The summed E-state index contributed by atoms with van der Waals surface area (Å²) in [6.45, 7) is 7.71. The van der Waals surface area contributed by atoms with Crippen LogP contribution >= 0.6 is 0 Å². The second-order valence-electron chi connectivity index (χ2n) is 13.8. The topological polar surface area (TPSA) is 125 Å². The number of esters is 1. The molecule has 52 heavy (non-hydrogen) atoms. The first-order valence-corrected chi connectivity index (χ1v) is 18.0. The maximum absolute atomic E-state index is 14.9. The van der Waals surface area contributed by atoms with Gasteiger partial charge in [-0.15, -0.1) is 13.2 Å². The molecular weight excluding hydrogens is 658 g/mol. The number of benzene rings is 3. The lowest BCUT2D eigenvalue weighted by molar-refractivity contribution is -0.161. The van der Waals surface area contributed by atoms with Crippen molar-refractivity contribution in [3.8, 4) is 0 Å². The molecule has 10 nitrogen and oxygen atoms in total. The molecule has 2 bridgehead atoms. The molecule has 3 amide bonds. The van der Waals surface area contributed by atoms with Crippen LogP contribution in [0.5, 0.6) is 0 Å². The normalized spacial score (nSPS) is 24.1. The fraction of sp³-hybridized carbons (Fsp3) is 0.381. The molecule has 1 spiro atoms. The van der Waals surface area contributed by atoms with Crippen LogP contribution in [-0.4, -0.2) is 82.1 Å². The third-order valence-electron chi connectivity index (χ3n) is 10.5. The van der Waals surface area contributed by atoms with Crippen molar-refractivity contribution in [1.29, 1.82) is 0 Å². The van der Waals surface area contributed by atoms with Crippen molar-refractivity contribution in [3.63, 3.8) is 0 Å². The summed E-state index contributed by atoms with van der Waals surface area (Å²) in [7, 11) is 0. The first-order valence-electron chi connectivity index (χ1n) is 18.0. The van der Waals surface area contributed by atoms with Crippen molar-refractivity contribution >= 4 is 23.7 Å². The number of allylic oxidation sites excluding steroid dienone is 1. The Morgan fingerprint density at radius 3 is 2.27 bits per heavy atom. The predicted molar refractivity (Wildman–Crippen MR) is 195 cm³/mol. The highest BCUT2D eigenvalue weighted by Crippen LogP contribution is 2.59. The average molecular weight is 706 g/mol. The summed E-state index contributed by atoms with van der Waals surface area (Å²) in [4.78, 5) is 59.8. The van der Waals surface area contributed by atoms with Crippen LogP contribution in [0.3, 0.4) is 0 Å². The number of carbonyl (C=O) groups is 4. The summed E-state index contributed by atoms with van der Waals surface area (Å²) in [5, 5.41) is 13.7. The van der Waals surface area contributed by atoms with E-state index in [1.807, 2.05) is 91.0 Å². The van der Waals surface area contributed by atoms with Crippen molar-refractivity contribution in [2.45, 2.75) is 68.5 Å². The summed E-state index contributed by atoms with van der Waals surface area (Å²) in [6.07, 6.45) is 3.77. The van der Waals surface area contributed by atoms with E-state index < -0.39 is 60.2 Å². The Morgan fingerprint density at radius 2 is 1.63 bits per heavy atom. The number of hydrogen-bond acceptors (Lipinski definition) is 7. The molecule has 3 aliphatic heterocycles. The fourth-order valence-corrected chi connectivity index (χ4v) is 8.18. The van der Waals surface area contributed by atoms with Crippen LogP contribution in [-0.2, 0) is 41.6 Å². The Balaban J connectivity index is 1.34. The van der Waals surface area contributed by atoms with E-state index in [1.165, 1.54) is 4.90 Å². The molecule has 3 aromatic rings. The first-order chi connectivity index (χ1) is 25.3. The zero-order valence-electron chi connectivity index (χ0n) is 29.3. The van der Waals surface area contributed by atoms with Crippen molar-refractivity contribution in [2.75, 3.05) is 19.7 Å². The van der Waals surface area contributed by atoms with E-state index in [0.29, 0.717) is 31.2 Å². The lowest BCUT2D eigenvalue weighted by Crippen LogP contribution is -2.59. The highest BCUT2D eigenvalue weighted by molar-refractivity contribution is 5.98. The number of fused-ring (bicyclic) bond motifs is 1. The van der Waals surface area contributed by atoms with Gasteiger partial charge in [0.15, 0.2) is 0 Å². The van der Waals surface area contributed by atoms with E-state index in [4.69, 9.17) is 9.47 Å². The van der Waals surface area contributed by atoms with Gasteiger partial charge < -0.3 is 29.7 Å². The van der Waals surface area contributed by atoms with Gasteiger partial charge in [0.05, 0.1) is 37.1 Å². The molecular formula is C42H47N3O7. The number of rotatable bonds is 17. The van der Waals surface area contributed by atoms with Gasteiger partial charge in [0.2, 0.25) is 17.7 Å². The quantitative estimate of drug-likeness (QED) is 0.156. The standard InChI is InChI=1S/C42H47N3O7/c1-3-5-21-35(47)43-26-34(31-19-13-8-14-20-31)51-41(50)36-33-22-23-42(52-33)37(36)39(48)45(32(28-46)25-29-15-9-6-10-16-29)38(42)40(49)44(24-4-2)27-30-17-11-7-12-18-30/h3-4,6-20,32-34,36-38,46H,1-2,5,21-28H2,(H,43,47)/t32-,33+,34-,36-,37-,38+,42-/m1/s1. The molecule has 0 aromatic heterocycles. The minimum atomic E-state index is -1.30. The van der Waals surface area contributed by atoms with Crippen LogP contribution in [0.4, 0.5) is 0 Å². The maximum atomic E-state index is 14.9. The molecule has 3 aliphatic rings. The summed E-state index contributed by atoms with van der Waals surface area (Å²) in [5.74, 6) is -3.55. The van der Waals surface area contributed by atoms with Crippen LogP contribution in [0.1, 0.15) is 48.5 Å². The molecule has 6 rings (SSSR count). The molecule has 3 fully saturated rings. The number of carbonyl (C=O) groups excluding carboxylic acids is 4. The van der Waals surface area contributed by atoms with Crippen LogP contribution in [0, 0.1) is 11.8 Å². The van der Waals surface area contributed by atoms with E-state index in [0.717, 1.165) is 11.1 Å². The highest BCUT2D eigenvalue weighted by Gasteiger charge is 2.75. The molecule has 3 aromatic carbocycles. The van der Waals surface area contributed by atoms with E-state index in [-0.39, 0.29) is 37.9 Å². The van der Waals surface area contributed by atoms with Crippen LogP contribution < -0.4 is 5.32 Å². The molecule has 0 unspecified atom stereocenters. The van der Waals surface area contributed by atoms with Crippen molar-refractivity contribution < 1.29 is 33.8 Å². The largest absolute Gasteiger partial charge is 0.455 e. The number of nitrogens with zero attached hydrogens (tertiary/aromatic N) is 2. The third-order valence-corrected chi connectivity index (χ3v) is 10.5. The van der Waals surface area contributed by atoms with Gasteiger partial charge in [-0.05, 0) is 42.4 Å². The van der Waals surface area contributed by atoms with E-state index >= 15 is 0 Å². The first kappa shape index (κ1) is 36.7. The lowest BCUT2D eigenvalue weighted by Gasteiger charge is -2.39. The number of nitrogens with one attached hydrogen (secondary N) is 1. The Bertz CT molecular complexity index is 1740. The Kier molecular flexibility index (Phi) is 11.7. The molecule has 3 heterocycles. The van der Waals surface area contributed by atoms with Crippen molar-refractivity contribution in [3.05, 3.63) is 133 Å². The predicted octanol–water partition coefficient (Wildman–Crippen LogP) is 4.55. The minimum absolute atomic E-state index is 0.0423. The van der Waals surface area contributed by atoms with Gasteiger partial charge in [0.25, 0.3) is 0 Å². The minimum Gasteiger partial charge on any atom is -0.455 e. The zero-order valence-corrected chi connectivity index (χ0v) is 29.3. The van der Waals surface area contributed by atoms with Gasteiger partial charge >= 0.3 is 5.97 Å². The van der Waals surface area contributed by atoms with Crippen LogP contribution in [0.25, 0.3) is 0 Å². The number of ether oxygens (including phenoxy) is 2. The molecule has 272 valence electrons. The number of likely N-dealkylation sites (tertiary alicyclic amines) is 1. The second kappa shape index (κ2) is 16.5. The van der Waals surface area contributed by atoms with E-state index in [2.05, 4.69) is 18.5 Å². The summed E-state index contributed by atoms with van der Waals surface area (Å²) >= 11 is 0. The molecule has 0 saturated carbocycles. The van der Waals surface area contributed by atoms with Crippen LogP contribution in [0.2, 0.25) is 0 Å². The van der Waals surface area contributed by atoms with Gasteiger partial charge in [0, 0.05) is 19.5 Å². The monoisotopic (exact) mass is 705 g/mol.